The molecule has 0 aliphatic carbocycles. The highest BCUT2D eigenvalue weighted by molar-refractivity contribution is 8.00. The van der Waals surface area contributed by atoms with E-state index in [1.165, 1.54) is 4.90 Å². The van der Waals surface area contributed by atoms with Gasteiger partial charge in [0.15, 0.2) is 5.82 Å². The van der Waals surface area contributed by atoms with Crippen molar-refractivity contribution in [2.24, 2.45) is 0 Å². The van der Waals surface area contributed by atoms with Crippen LogP contribution >= 0.6 is 11.9 Å². The van der Waals surface area contributed by atoms with Gasteiger partial charge >= 0.3 is 0 Å². The SMILES string of the molecule is O=C1CNc2ncc(-c3ccc(NSCCN4CCOCC4)cc3)cc2N1Cc1cc(F)ccc1F. The Kier molecular flexibility index (Phi) is 7.64. The molecular formula is C26H27F2N5O2S. The number of aromatic nitrogens is 1. The number of nitrogens with zero attached hydrogens (tertiary/aromatic N) is 3. The highest BCUT2D eigenvalue weighted by Crippen LogP contribution is 2.34. The number of hydrogen-bond donors (Lipinski definition) is 2. The number of fused-ring (bicyclic) bond motifs is 1. The first-order valence-electron chi connectivity index (χ1n) is 11.8. The van der Waals surface area contributed by atoms with Gasteiger partial charge in [-0.15, -0.1) is 0 Å². The molecule has 1 saturated heterocycles. The van der Waals surface area contributed by atoms with E-state index in [0.717, 1.165) is 73.6 Å². The molecule has 0 atom stereocenters. The highest BCUT2D eigenvalue weighted by atomic mass is 32.2. The van der Waals surface area contributed by atoms with E-state index < -0.39 is 11.6 Å². The van der Waals surface area contributed by atoms with Crippen molar-refractivity contribution in [1.82, 2.24) is 9.88 Å². The van der Waals surface area contributed by atoms with Gasteiger partial charge in [0.05, 0.1) is 32.0 Å². The number of carbonyl (C=O) groups excluding carboxylic acids is 1. The van der Waals surface area contributed by atoms with Gasteiger partial charge in [0.1, 0.15) is 11.6 Å². The van der Waals surface area contributed by atoms with E-state index in [1.807, 2.05) is 30.3 Å². The number of carbonyl (C=O) groups is 1. The van der Waals surface area contributed by atoms with Gasteiger partial charge in [0.2, 0.25) is 5.91 Å². The number of benzene rings is 2. The number of halogens is 2. The fraction of sp³-hybridized carbons (Fsp3) is 0.308. The second kappa shape index (κ2) is 11.2. The number of nitrogens with one attached hydrogen (secondary N) is 2. The van der Waals surface area contributed by atoms with Crippen LogP contribution < -0.4 is 14.9 Å². The van der Waals surface area contributed by atoms with Gasteiger partial charge in [-0.05, 0) is 42.0 Å². The van der Waals surface area contributed by atoms with Crippen LogP contribution in [0, 0.1) is 11.6 Å². The highest BCUT2D eigenvalue weighted by Gasteiger charge is 2.26. The average Bonchev–Trinajstić information content (AvgIpc) is 2.91. The van der Waals surface area contributed by atoms with E-state index >= 15 is 0 Å². The maximum Gasteiger partial charge on any atom is 0.246 e. The number of ether oxygens (including phenoxy) is 1. The molecule has 10 heteroatoms. The molecule has 5 rings (SSSR count). The van der Waals surface area contributed by atoms with E-state index in [2.05, 4.69) is 19.9 Å². The third kappa shape index (κ3) is 5.77. The molecule has 1 amide bonds. The first-order valence-corrected chi connectivity index (χ1v) is 12.8. The summed E-state index contributed by atoms with van der Waals surface area (Å²) >= 11 is 1.67. The lowest BCUT2D eigenvalue weighted by Crippen LogP contribution is -2.40. The summed E-state index contributed by atoms with van der Waals surface area (Å²) in [5, 5.41) is 3.00. The molecule has 0 saturated carbocycles. The Hall–Kier alpha value is -3.21. The van der Waals surface area contributed by atoms with Crippen molar-refractivity contribution in [2.45, 2.75) is 6.54 Å². The summed E-state index contributed by atoms with van der Waals surface area (Å²) < 4.78 is 36.7. The standard InChI is InChI=1S/C26H27F2N5O2S/c27-21-3-6-23(28)20(13-21)17-33-24-14-19(15-29-26(24)30-16-25(33)34)18-1-4-22(5-2-18)31-36-12-9-32-7-10-35-11-8-32/h1-6,13-15,31H,7-12,16-17H2,(H,29,30). The number of amides is 1. The Morgan fingerprint density at radius 1 is 1.06 bits per heavy atom. The minimum absolute atomic E-state index is 0.0415. The quantitative estimate of drug-likeness (QED) is 0.344. The lowest BCUT2D eigenvalue weighted by atomic mass is 10.1. The first-order chi connectivity index (χ1) is 17.6. The maximum atomic E-state index is 14.3. The van der Waals surface area contributed by atoms with Crippen LogP contribution in [0.4, 0.5) is 26.0 Å². The van der Waals surface area contributed by atoms with Crippen molar-refractivity contribution in [1.29, 1.82) is 0 Å². The van der Waals surface area contributed by atoms with Crippen LogP contribution in [0.15, 0.2) is 54.7 Å². The zero-order valence-corrected chi connectivity index (χ0v) is 20.5. The zero-order valence-electron chi connectivity index (χ0n) is 19.7. The van der Waals surface area contributed by atoms with Gasteiger partial charge < -0.3 is 19.7 Å². The monoisotopic (exact) mass is 511 g/mol. The Morgan fingerprint density at radius 3 is 2.67 bits per heavy atom. The van der Waals surface area contributed by atoms with Crippen molar-refractivity contribution in [3.63, 3.8) is 0 Å². The lowest BCUT2D eigenvalue weighted by Gasteiger charge is -2.30. The predicted molar refractivity (Wildman–Crippen MR) is 139 cm³/mol. The minimum Gasteiger partial charge on any atom is -0.379 e. The van der Waals surface area contributed by atoms with Gasteiger partial charge in [-0.1, -0.05) is 24.1 Å². The molecule has 7 nitrogen and oxygen atoms in total. The summed E-state index contributed by atoms with van der Waals surface area (Å²) in [6.07, 6.45) is 1.74. The van der Waals surface area contributed by atoms with Crippen LogP contribution in [0.2, 0.25) is 0 Å². The predicted octanol–water partition coefficient (Wildman–Crippen LogP) is 4.38. The van der Waals surface area contributed by atoms with Crippen molar-refractivity contribution >= 4 is 35.0 Å². The van der Waals surface area contributed by atoms with Crippen molar-refractivity contribution < 1.29 is 18.3 Å². The molecule has 2 N–H and O–H groups in total. The van der Waals surface area contributed by atoms with Crippen LogP contribution in [0.5, 0.6) is 0 Å². The first kappa shape index (κ1) is 24.5. The van der Waals surface area contributed by atoms with Gasteiger partial charge in [0, 0.05) is 48.4 Å². The van der Waals surface area contributed by atoms with Crippen LogP contribution in [-0.2, 0) is 16.1 Å². The molecule has 3 heterocycles. The average molecular weight is 512 g/mol. The minimum atomic E-state index is -0.556. The summed E-state index contributed by atoms with van der Waals surface area (Å²) in [5.41, 5.74) is 3.40. The smallest absolute Gasteiger partial charge is 0.246 e. The second-order valence-corrected chi connectivity index (χ2v) is 9.54. The maximum absolute atomic E-state index is 14.3. The van der Waals surface area contributed by atoms with Crippen LogP contribution in [0.25, 0.3) is 11.1 Å². The number of rotatable bonds is 8. The van der Waals surface area contributed by atoms with Crippen molar-refractivity contribution in [3.8, 4) is 11.1 Å². The van der Waals surface area contributed by atoms with Crippen LogP contribution in [0.1, 0.15) is 5.56 Å². The zero-order chi connectivity index (χ0) is 24.9. The van der Waals surface area contributed by atoms with E-state index in [-0.39, 0.29) is 24.6 Å². The topological polar surface area (TPSA) is 69.7 Å². The fourth-order valence-electron chi connectivity index (χ4n) is 4.21. The Bertz CT molecular complexity index is 1220. The van der Waals surface area contributed by atoms with E-state index in [9.17, 15) is 13.6 Å². The molecule has 2 aliphatic rings. The fourth-order valence-corrected chi connectivity index (χ4v) is 4.97. The van der Waals surface area contributed by atoms with E-state index in [0.29, 0.717) is 11.5 Å². The lowest BCUT2D eigenvalue weighted by molar-refractivity contribution is -0.117. The van der Waals surface area contributed by atoms with Gasteiger partial charge in [-0.25, -0.2) is 13.8 Å². The summed E-state index contributed by atoms with van der Waals surface area (Å²) in [6, 6.07) is 13.1. The summed E-state index contributed by atoms with van der Waals surface area (Å²) in [5.74, 6) is 0.163. The molecule has 36 heavy (non-hydrogen) atoms. The number of morpholine rings is 1. The van der Waals surface area contributed by atoms with Gasteiger partial charge in [0.25, 0.3) is 0 Å². The largest absolute Gasteiger partial charge is 0.379 e. The summed E-state index contributed by atoms with van der Waals surface area (Å²) in [7, 11) is 0. The Labute approximate surface area is 213 Å². The van der Waals surface area contributed by atoms with Crippen molar-refractivity contribution in [2.75, 3.05) is 60.1 Å². The third-order valence-electron chi connectivity index (χ3n) is 6.22. The molecule has 1 fully saturated rings. The molecule has 0 spiro atoms. The number of hydrogen-bond acceptors (Lipinski definition) is 7. The summed E-state index contributed by atoms with van der Waals surface area (Å²) in [6.45, 7) is 4.57. The second-order valence-electron chi connectivity index (χ2n) is 8.64. The molecule has 0 radical (unpaired) electrons. The van der Waals surface area contributed by atoms with E-state index in [4.69, 9.17) is 4.74 Å². The molecule has 0 bridgehead atoms. The van der Waals surface area contributed by atoms with Crippen LogP contribution in [0.3, 0.4) is 0 Å². The molecule has 1 aromatic heterocycles. The molecule has 3 aromatic rings. The number of anilines is 3. The van der Waals surface area contributed by atoms with Gasteiger partial charge in [-0.3, -0.25) is 9.69 Å². The van der Waals surface area contributed by atoms with Crippen molar-refractivity contribution in [3.05, 3.63) is 71.9 Å². The molecular weight excluding hydrogens is 484 g/mol. The third-order valence-corrected chi connectivity index (χ3v) is 6.99. The van der Waals surface area contributed by atoms with Crippen LogP contribution in [-0.4, -0.2) is 60.9 Å². The molecule has 0 unspecified atom stereocenters. The normalized spacial score (nSPS) is 15.9. The van der Waals surface area contributed by atoms with E-state index in [1.54, 1.807) is 18.1 Å². The summed E-state index contributed by atoms with van der Waals surface area (Å²) in [4.78, 5) is 21.0. The molecule has 2 aliphatic heterocycles. The molecule has 2 aromatic carbocycles. The Balaban J connectivity index is 1.26. The van der Waals surface area contributed by atoms with Gasteiger partial charge in [-0.2, -0.15) is 0 Å². The number of pyridine rings is 1. The Morgan fingerprint density at radius 2 is 1.86 bits per heavy atom. The molecule has 188 valence electrons.